The lowest BCUT2D eigenvalue weighted by molar-refractivity contribution is -0.137. The molecule has 2 heterocycles. The number of para-hydroxylation sites is 2. The maximum absolute atomic E-state index is 13.8. The Labute approximate surface area is 221 Å². The maximum atomic E-state index is 13.8. The Bertz CT molecular complexity index is 1430. The molecule has 1 amide bonds. The van der Waals surface area contributed by atoms with Crippen molar-refractivity contribution in [1.29, 1.82) is 0 Å². The number of hydrogen-bond acceptors (Lipinski definition) is 2. The minimum Gasteiger partial charge on any atom is -0.326 e. The summed E-state index contributed by atoms with van der Waals surface area (Å²) >= 11 is 0. The molecule has 0 bridgehead atoms. The first kappa shape index (κ1) is 26.0. The standard InChI is InChI=1S/C31H32F3N3O/c1-21(2)30(38)35-25-9-7-8-23(18-25)22-14-16-36(17-15-22)19-24-20-37(28-12-5-3-10-26(24)28)29-13-6-4-11-27(29)31(32,33)34/h3-13,18,20-22H,14-17,19H2,1-2H3,(H,35,38). The third-order valence-electron chi connectivity index (χ3n) is 7.39. The molecule has 0 atom stereocenters. The first-order valence-corrected chi connectivity index (χ1v) is 13.1. The number of aromatic nitrogens is 1. The molecule has 4 aromatic rings. The van der Waals surface area contributed by atoms with Gasteiger partial charge in [0.2, 0.25) is 5.91 Å². The number of amides is 1. The molecule has 4 nitrogen and oxygen atoms in total. The lowest BCUT2D eigenvalue weighted by atomic mass is 9.89. The molecule has 0 aliphatic carbocycles. The Hall–Kier alpha value is -3.58. The number of benzene rings is 3. The maximum Gasteiger partial charge on any atom is 0.418 e. The Balaban J connectivity index is 1.33. The van der Waals surface area contributed by atoms with Gasteiger partial charge in [-0.1, -0.05) is 56.3 Å². The number of rotatable bonds is 6. The van der Waals surface area contributed by atoms with Gasteiger partial charge < -0.3 is 9.88 Å². The van der Waals surface area contributed by atoms with Crippen molar-refractivity contribution in [2.45, 2.75) is 45.3 Å². The lowest BCUT2D eigenvalue weighted by Gasteiger charge is -2.32. The highest BCUT2D eigenvalue weighted by molar-refractivity contribution is 5.92. The van der Waals surface area contributed by atoms with Crippen LogP contribution in [-0.4, -0.2) is 28.5 Å². The predicted molar refractivity (Wildman–Crippen MR) is 145 cm³/mol. The van der Waals surface area contributed by atoms with Crippen molar-refractivity contribution in [2.24, 2.45) is 5.92 Å². The number of fused-ring (bicyclic) bond motifs is 1. The van der Waals surface area contributed by atoms with Crippen LogP contribution >= 0.6 is 0 Å². The number of alkyl halides is 3. The zero-order valence-electron chi connectivity index (χ0n) is 21.6. The SMILES string of the molecule is CC(C)C(=O)Nc1cccc(C2CCN(Cc3cn(-c4ccccc4C(F)(F)F)c4ccccc34)CC2)c1. The Morgan fingerprint density at radius 3 is 2.42 bits per heavy atom. The van der Waals surface area contributed by atoms with E-state index in [1.54, 1.807) is 10.6 Å². The summed E-state index contributed by atoms with van der Waals surface area (Å²) in [5.41, 5.74) is 3.36. The smallest absolute Gasteiger partial charge is 0.326 e. The van der Waals surface area contributed by atoms with E-state index in [0.29, 0.717) is 12.5 Å². The fourth-order valence-electron chi connectivity index (χ4n) is 5.32. The number of piperidine rings is 1. The van der Waals surface area contributed by atoms with Gasteiger partial charge in [-0.2, -0.15) is 13.2 Å². The summed E-state index contributed by atoms with van der Waals surface area (Å²) in [6.45, 7) is 6.22. The van der Waals surface area contributed by atoms with Crippen molar-refractivity contribution in [2.75, 3.05) is 18.4 Å². The van der Waals surface area contributed by atoms with E-state index in [1.165, 1.54) is 17.7 Å². The first-order chi connectivity index (χ1) is 18.2. The van der Waals surface area contributed by atoms with Crippen molar-refractivity contribution >= 4 is 22.5 Å². The van der Waals surface area contributed by atoms with E-state index in [2.05, 4.69) is 22.3 Å². The second-order valence-corrected chi connectivity index (χ2v) is 10.4. The minimum atomic E-state index is -4.43. The molecule has 5 rings (SSSR count). The van der Waals surface area contributed by atoms with Crippen LogP contribution in [0.25, 0.3) is 16.6 Å². The molecule has 0 spiro atoms. The average molecular weight is 520 g/mol. The van der Waals surface area contributed by atoms with E-state index in [9.17, 15) is 18.0 Å². The molecule has 1 N–H and O–H groups in total. The number of carbonyl (C=O) groups excluding carboxylic acids is 1. The van der Waals surface area contributed by atoms with E-state index in [-0.39, 0.29) is 17.5 Å². The molecule has 1 aromatic heterocycles. The molecule has 0 radical (unpaired) electrons. The van der Waals surface area contributed by atoms with Crippen LogP contribution < -0.4 is 5.32 Å². The summed E-state index contributed by atoms with van der Waals surface area (Å²) in [5, 5.41) is 3.96. The van der Waals surface area contributed by atoms with Crippen molar-refractivity contribution in [3.63, 3.8) is 0 Å². The highest BCUT2D eigenvalue weighted by Gasteiger charge is 2.34. The molecule has 0 unspecified atom stereocenters. The molecule has 1 aliphatic rings. The zero-order chi connectivity index (χ0) is 26.9. The van der Waals surface area contributed by atoms with Crippen molar-refractivity contribution in [1.82, 2.24) is 9.47 Å². The second kappa shape index (κ2) is 10.7. The fraction of sp³-hybridized carbons (Fsp3) is 0.323. The number of halogens is 3. The lowest BCUT2D eigenvalue weighted by Crippen LogP contribution is -2.32. The number of carbonyl (C=O) groups is 1. The Morgan fingerprint density at radius 1 is 0.974 bits per heavy atom. The van der Waals surface area contributed by atoms with Crippen molar-refractivity contribution in [3.05, 3.63) is 95.7 Å². The van der Waals surface area contributed by atoms with E-state index in [0.717, 1.165) is 54.2 Å². The molecule has 7 heteroatoms. The monoisotopic (exact) mass is 519 g/mol. The fourth-order valence-corrected chi connectivity index (χ4v) is 5.32. The number of likely N-dealkylation sites (tertiary alicyclic amines) is 1. The van der Waals surface area contributed by atoms with Gasteiger partial charge in [0, 0.05) is 29.7 Å². The van der Waals surface area contributed by atoms with Gasteiger partial charge in [0.05, 0.1) is 16.8 Å². The third kappa shape index (κ3) is 5.48. The van der Waals surface area contributed by atoms with Crippen LogP contribution in [0.1, 0.15) is 49.3 Å². The van der Waals surface area contributed by atoms with E-state index in [4.69, 9.17) is 0 Å². The van der Waals surface area contributed by atoms with Gasteiger partial charge in [0.1, 0.15) is 0 Å². The summed E-state index contributed by atoms with van der Waals surface area (Å²) in [7, 11) is 0. The summed E-state index contributed by atoms with van der Waals surface area (Å²) in [4.78, 5) is 14.5. The molecule has 0 saturated carbocycles. The van der Waals surface area contributed by atoms with Crippen LogP contribution in [0.3, 0.4) is 0 Å². The summed E-state index contributed by atoms with van der Waals surface area (Å²) in [5.74, 6) is 0.339. The number of hydrogen-bond donors (Lipinski definition) is 1. The number of nitrogens with one attached hydrogen (secondary N) is 1. The highest BCUT2D eigenvalue weighted by atomic mass is 19.4. The predicted octanol–water partition coefficient (Wildman–Crippen LogP) is 7.62. The topological polar surface area (TPSA) is 37.3 Å². The van der Waals surface area contributed by atoms with Gasteiger partial charge >= 0.3 is 6.18 Å². The molecule has 1 fully saturated rings. The minimum absolute atomic E-state index is 0.00832. The van der Waals surface area contributed by atoms with Gasteiger partial charge in [-0.15, -0.1) is 0 Å². The van der Waals surface area contributed by atoms with Gasteiger partial charge in [-0.05, 0) is 73.3 Å². The number of nitrogens with zero attached hydrogens (tertiary/aromatic N) is 2. The summed E-state index contributed by atoms with van der Waals surface area (Å²) in [6, 6.07) is 21.5. The van der Waals surface area contributed by atoms with Gasteiger partial charge in [-0.3, -0.25) is 9.69 Å². The van der Waals surface area contributed by atoms with Crippen LogP contribution in [0.5, 0.6) is 0 Å². The third-order valence-corrected chi connectivity index (χ3v) is 7.39. The van der Waals surface area contributed by atoms with Crippen LogP contribution in [-0.2, 0) is 17.5 Å². The van der Waals surface area contributed by atoms with Gasteiger partial charge in [0.25, 0.3) is 0 Å². The van der Waals surface area contributed by atoms with Gasteiger partial charge in [-0.25, -0.2) is 0 Å². The molecular formula is C31H32F3N3O. The Morgan fingerprint density at radius 2 is 1.68 bits per heavy atom. The molecule has 1 saturated heterocycles. The van der Waals surface area contributed by atoms with Crippen LogP contribution in [0.4, 0.5) is 18.9 Å². The zero-order valence-corrected chi connectivity index (χ0v) is 21.6. The van der Waals surface area contributed by atoms with Crippen molar-refractivity contribution < 1.29 is 18.0 Å². The quantitative estimate of drug-likeness (QED) is 0.284. The summed E-state index contributed by atoms with van der Waals surface area (Å²) < 4.78 is 43.0. The largest absolute Gasteiger partial charge is 0.418 e. The average Bonchev–Trinajstić information content (AvgIpc) is 3.27. The van der Waals surface area contributed by atoms with Crippen molar-refractivity contribution in [3.8, 4) is 5.69 Å². The van der Waals surface area contributed by atoms with Crippen LogP contribution in [0.15, 0.2) is 79.0 Å². The Kier molecular flexibility index (Phi) is 7.30. The van der Waals surface area contributed by atoms with Crippen LogP contribution in [0.2, 0.25) is 0 Å². The van der Waals surface area contributed by atoms with Gasteiger partial charge in [0.15, 0.2) is 0 Å². The molecule has 38 heavy (non-hydrogen) atoms. The molecule has 1 aliphatic heterocycles. The molecule has 3 aromatic carbocycles. The first-order valence-electron chi connectivity index (χ1n) is 13.1. The second-order valence-electron chi connectivity index (χ2n) is 10.4. The van der Waals surface area contributed by atoms with E-state index in [1.807, 2.05) is 56.4 Å². The molecular weight excluding hydrogens is 487 g/mol. The van der Waals surface area contributed by atoms with E-state index >= 15 is 0 Å². The highest BCUT2D eigenvalue weighted by Crippen LogP contribution is 2.37. The summed E-state index contributed by atoms with van der Waals surface area (Å²) in [6.07, 6.45) is -0.602. The van der Waals surface area contributed by atoms with Crippen LogP contribution in [0, 0.1) is 5.92 Å². The van der Waals surface area contributed by atoms with E-state index < -0.39 is 11.7 Å². The normalized spacial score (nSPS) is 15.3. The molecule has 198 valence electrons. The number of anilines is 1.